The normalized spacial score (nSPS) is 12.6. The van der Waals surface area contributed by atoms with E-state index < -0.39 is 5.97 Å². The van der Waals surface area contributed by atoms with Gasteiger partial charge in [-0.25, -0.2) is 4.79 Å². The number of benzene rings is 2. The second kappa shape index (κ2) is 6.87. The highest BCUT2D eigenvalue weighted by Crippen LogP contribution is 2.24. The van der Waals surface area contributed by atoms with Crippen LogP contribution in [0, 0.1) is 13.8 Å². The Balaban J connectivity index is 1.56. The molecule has 0 saturated carbocycles. The SMILES string of the molecule is Cc1ccc(C(=O)OCC(=O)Nc2ccc3c(c2)CCC3)c(C)c1. The molecule has 2 aromatic carbocycles. The van der Waals surface area contributed by atoms with E-state index in [-0.39, 0.29) is 12.5 Å². The van der Waals surface area contributed by atoms with E-state index in [1.807, 2.05) is 38.1 Å². The van der Waals surface area contributed by atoms with Crippen LogP contribution in [0.25, 0.3) is 0 Å². The van der Waals surface area contributed by atoms with Crippen LogP contribution in [0.2, 0.25) is 0 Å². The molecule has 0 spiro atoms. The van der Waals surface area contributed by atoms with E-state index in [4.69, 9.17) is 4.74 Å². The Kier molecular flexibility index (Phi) is 4.65. The third-order valence-electron chi connectivity index (χ3n) is 4.32. The molecule has 124 valence electrons. The molecule has 1 amide bonds. The fourth-order valence-electron chi connectivity index (χ4n) is 3.10. The average Bonchev–Trinajstić information content (AvgIpc) is 3.00. The molecule has 0 heterocycles. The fourth-order valence-corrected chi connectivity index (χ4v) is 3.10. The first-order valence-corrected chi connectivity index (χ1v) is 8.19. The van der Waals surface area contributed by atoms with Crippen LogP contribution in [-0.4, -0.2) is 18.5 Å². The monoisotopic (exact) mass is 323 g/mol. The maximum absolute atomic E-state index is 12.1. The molecule has 2 aromatic rings. The summed E-state index contributed by atoms with van der Waals surface area (Å²) in [5.74, 6) is -0.803. The second-order valence-corrected chi connectivity index (χ2v) is 6.28. The summed E-state index contributed by atoms with van der Waals surface area (Å²) in [5.41, 5.74) is 5.82. The van der Waals surface area contributed by atoms with Gasteiger partial charge in [0.25, 0.3) is 5.91 Å². The number of ether oxygens (including phenoxy) is 1. The largest absolute Gasteiger partial charge is 0.452 e. The van der Waals surface area contributed by atoms with E-state index >= 15 is 0 Å². The summed E-state index contributed by atoms with van der Waals surface area (Å²) in [6, 6.07) is 11.5. The first-order chi connectivity index (χ1) is 11.5. The van der Waals surface area contributed by atoms with Gasteiger partial charge in [0, 0.05) is 5.69 Å². The molecular formula is C20H21NO3. The molecule has 1 aliphatic carbocycles. The maximum atomic E-state index is 12.1. The third kappa shape index (κ3) is 3.65. The van der Waals surface area contributed by atoms with Crippen molar-refractivity contribution in [2.45, 2.75) is 33.1 Å². The van der Waals surface area contributed by atoms with Gasteiger partial charge in [-0.3, -0.25) is 4.79 Å². The summed E-state index contributed by atoms with van der Waals surface area (Å²) in [5, 5.41) is 2.79. The molecule has 3 rings (SSSR count). The Morgan fingerprint density at radius 1 is 1.04 bits per heavy atom. The first-order valence-electron chi connectivity index (χ1n) is 8.19. The minimum Gasteiger partial charge on any atom is -0.452 e. The minimum atomic E-state index is -0.475. The van der Waals surface area contributed by atoms with Crippen molar-refractivity contribution in [3.05, 3.63) is 64.2 Å². The topological polar surface area (TPSA) is 55.4 Å². The number of hydrogen-bond donors (Lipinski definition) is 1. The third-order valence-corrected chi connectivity index (χ3v) is 4.32. The number of anilines is 1. The molecular weight excluding hydrogens is 302 g/mol. The summed E-state index contributed by atoms with van der Waals surface area (Å²) >= 11 is 0. The lowest BCUT2D eigenvalue weighted by Gasteiger charge is -2.09. The number of fused-ring (bicyclic) bond motifs is 1. The molecule has 0 saturated heterocycles. The summed E-state index contributed by atoms with van der Waals surface area (Å²) in [7, 11) is 0. The molecule has 0 unspecified atom stereocenters. The standard InChI is InChI=1S/C20H21NO3/c1-13-6-9-18(14(2)10-13)20(23)24-12-19(22)21-17-8-7-15-4-3-5-16(15)11-17/h6-11H,3-5,12H2,1-2H3,(H,21,22). The van der Waals surface area contributed by atoms with Crippen molar-refractivity contribution in [2.24, 2.45) is 0 Å². The van der Waals surface area contributed by atoms with Gasteiger partial charge in [-0.2, -0.15) is 0 Å². The predicted octanol–water partition coefficient (Wildman–Crippen LogP) is 3.59. The Morgan fingerprint density at radius 2 is 1.83 bits per heavy atom. The van der Waals surface area contributed by atoms with Gasteiger partial charge in [0.05, 0.1) is 5.56 Å². The molecule has 0 fully saturated rings. The molecule has 1 aliphatic rings. The number of esters is 1. The second-order valence-electron chi connectivity index (χ2n) is 6.28. The average molecular weight is 323 g/mol. The van der Waals surface area contributed by atoms with E-state index in [0.717, 1.165) is 29.7 Å². The maximum Gasteiger partial charge on any atom is 0.338 e. The highest BCUT2D eigenvalue weighted by molar-refractivity contribution is 5.96. The van der Waals surface area contributed by atoms with Gasteiger partial charge in [-0.05, 0) is 68.0 Å². The summed E-state index contributed by atoms with van der Waals surface area (Å²) < 4.78 is 5.12. The predicted molar refractivity (Wildman–Crippen MR) is 93.3 cm³/mol. The Labute approximate surface area is 141 Å². The highest BCUT2D eigenvalue weighted by Gasteiger charge is 2.14. The number of carbonyl (C=O) groups excluding carboxylic acids is 2. The zero-order chi connectivity index (χ0) is 17.1. The van der Waals surface area contributed by atoms with Crippen LogP contribution in [0.3, 0.4) is 0 Å². The molecule has 0 bridgehead atoms. The molecule has 0 atom stereocenters. The summed E-state index contributed by atoms with van der Waals surface area (Å²) in [6.07, 6.45) is 3.33. The summed E-state index contributed by atoms with van der Waals surface area (Å²) in [6.45, 7) is 3.53. The van der Waals surface area contributed by atoms with E-state index in [9.17, 15) is 9.59 Å². The van der Waals surface area contributed by atoms with Crippen LogP contribution in [0.1, 0.15) is 39.0 Å². The van der Waals surface area contributed by atoms with E-state index in [1.54, 1.807) is 6.07 Å². The van der Waals surface area contributed by atoms with Crippen molar-refractivity contribution in [1.82, 2.24) is 0 Å². The zero-order valence-electron chi connectivity index (χ0n) is 14.0. The van der Waals surface area contributed by atoms with E-state index in [0.29, 0.717) is 5.56 Å². The van der Waals surface area contributed by atoms with Crippen LogP contribution in [-0.2, 0) is 22.4 Å². The van der Waals surface area contributed by atoms with Crippen molar-refractivity contribution in [2.75, 3.05) is 11.9 Å². The van der Waals surface area contributed by atoms with E-state index in [2.05, 4.69) is 11.4 Å². The number of aryl methyl sites for hydroxylation is 4. The lowest BCUT2D eigenvalue weighted by Crippen LogP contribution is -2.21. The van der Waals surface area contributed by atoms with Crippen molar-refractivity contribution in [3.8, 4) is 0 Å². The minimum absolute atomic E-state index is 0.288. The molecule has 4 heteroatoms. The lowest BCUT2D eigenvalue weighted by molar-refractivity contribution is -0.119. The quantitative estimate of drug-likeness (QED) is 0.875. The van der Waals surface area contributed by atoms with Crippen molar-refractivity contribution < 1.29 is 14.3 Å². The van der Waals surface area contributed by atoms with Crippen LogP contribution >= 0.6 is 0 Å². The molecule has 1 N–H and O–H groups in total. The van der Waals surface area contributed by atoms with Gasteiger partial charge in [-0.1, -0.05) is 23.8 Å². The zero-order valence-corrected chi connectivity index (χ0v) is 14.0. The smallest absolute Gasteiger partial charge is 0.338 e. The summed E-state index contributed by atoms with van der Waals surface area (Å²) in [4.78, 5) is 24.1. The van der Waals surface area contributed by atoms with Gasteiger partial charge in [0.1, 0.15) is 0 Å². The number of hydrogen-bond acceptors (Lipinski definition) is 3. The van der Waals surface area contributed by atoms with Crippen molar-refractivity contribution in [1.29, 1.82) is 0 Å². The van der Waals surface area contributed by atoms with Gasteiger partial charge < -0.3 is 10.1 Å². The number of nitrogens with one attached hydrogen (secondary N) is 1. The Hall–Kier alpha value is -2.62. The molecule has 0 aromatic heterocycles. The number of amides is 1. The molecule has 4 nitrogen and oxygen atoms in total. The van der Waals surface area contributed by atoms with Crippen molar-refractivity contribution in [3.63, 3.8) is 0 Å². The van der Waals surface area contributed by atoms with Crippen LogP contribution in [0.15, 0.2) is 36.4 Å². The number of carbonyl (C=O) groups is 2. The molecule has 24 heavy (non-hydrogen) atoms. The van der Waals surface area contributed by atoms with Crippen LogP contribution < -0.4 is 5.32 Å². The van der Waals surface area contributed by atoms with Gasteiger partial charge in [-0.15, -0.1) is 0 Å². The fraction of sp³-hybridized carbons (Fsp3) is 0.300. The number of rotatable bonds is 4. The van der Waals surface area contributed by atoms with Gasteiger partial charge >= 0.3 is 5.97 Å². The highest BCUT2D eigenvalue weighted by atomic mass is 16.5. The van der Waals surface area contributed by atoms with Crippen LogP contribution in [0.5, 0.6) is 0 Å². The van der Waals surface area contributed by atoms with Crippen LogP contribution in [0.4, 0.5) is 5.69 Å². The molecule has 0 aliphatic heterocycles. The lowest BCUT2D eigenvalue weighted by atomic mass is 10.1. The van der Waals surface area contributed by atoms with Gasteiger partial charge in [0.2, 0.25) is 0 Å². The Bertz CT molecular complexity index is 795. The first kappa shape index (κ1) is 16.2. The van der Waals surface area contributed by atoms with Crippen molar-refractivity contribution >= 4 is 17.6 Å². The Morgan fingerprint density at radius 3 is 2.62 bits per heavy atom. The van der Waals surface area contributed by atoms with E-state index in [1.165, 1.54) is 17.5 Å². The molecule has 0 radical (unpaired) electrons. The van der Waals surface area contributed by atoms with Gasteiger partial charge in [0.15, 0.2) is 6.61 Å².